The summed E-state index contributed by atoms with van der Waals surface area (Å²) in [4.78, 5) is 0. The first kappa shape index (κ1) is 13.8. The Morgan fingerprint density at radius 3 is 2.63 bits per heavy atom. The van der Waals surface area contributed by atoms with E-state index in [-0.39, 0.29) is 0 Å². The van der Waals surface area contributed by atoms with Crippen molar-refractivity contribution in [2.45, 2.75) is 38.6 Å². The lowest BCUT2D eigenvalue weighted by Gasteiger charge is -2.15. The van der Waals surface area contributed by atoms with Gasteiger partial charge in [-0.15, -0.1) is 0 Å². The van der Waals surface area contributed by atoms with E-state index in [1.165, 1.54) is 18.5 Å². The lowest BCUT2D eigenvalue weighted by Crippen LogP contribution is -2.25. The van der Waals surface area contributed by atoms with Crippen LogP contribution >= 0.6 is 0 Å². The largest absolute Gasteiger partial charge is 0.317 e. The first-order chi connectivity index (χ1) is 9.35. The molecule has 1 N–H and O–H groups in total. The van der Waals surface area contributed by atoms with Gasteiger partial charge in [0.1, 0.15) is 0 Å². The van der Waals surface area contributed by atoms with Crippen LogP contribution in [0.4, 0.5) is 0 Å². The molecule has 0 spiro atoms. The van der Waals surface area contributed by atoms with E-state index in [1.807, 2.05) is 29.1 Å². The second-order valence-electron chi connectivity index (χ2n) is 4.88. The lowest BCUT2D eigenvalue weighted by atomic mass is 10.1. The van der Waals surface area contributed by atoms with Crippen molar-refractivity contribution in [1.29, 1.82) is 0 Å². The van der Waals surface area contributed by atoms with Gasteiger partial charge in [0.25, 0.3) is 0 Å². The van der Waals surface area contributed by atoms with Gasteiger partial charge in [0.05, 0.1) is 5.69 Å². The van der Waals surface area contributed by atoms with Crippen molar-refractivity contribution >= 4 is 0 Å². The fourth-order valence-electron chi connectivity index (χ4n) is 2.43. The zero-order valence-electron chi connectivity index (χ0n) is 11.8. The third-order valence-electron chi connectivity index (χ3n) is 3.52. The summed E-state index contributed by atoms with van der Waals surface area (Å²) >= 11 is 0. The van der Waals surface area contributed by atoms with Crippen molar-refractivity contribution in [3.8, 4) is 5.69 Å². The molecule has 0 saturated carbocycles. The number of hydrogen-bond acceptors (Lipinski definition) is 2. The van der Waals surface area contributed by atoms with Gasteiger partial charge in [-0.1, -0.05) is 31.5 Å². The number of para-hydroxylation sites is 1. The monoisotopic (exact) mass is 257 g/mol. The molecule has 1 heterocycles. The maximum atomic E-state index is 4.43. The van der Waals surface area contributed by atoms with Crippen LogP contribution in [0.1, 0.15) is 31.9 Å². The van der Waals surface area contributed by atoms with Crippen LogP contribution in [0.5, 0.6) is 0 Å². The Kier molecular flexibility index (Phi) is 5.16. The van der Waals surface area contributed by atoms with Crippen LogP contribution in [0.3, 0.4) is 0 Å². The van der Waals surface area contributed by atoms with Crippen LogP contribution in [0, 0.1) is 0 Å². The number of hydrogen-bond donors (Lipinski definition) is 1. The molecule has 3 heteroatoms. The van der Waals surface area contributed by atoms with Crippen LogP contribution in [0.15, 0.2) is 42.6 Å². The molecule has 2 rings (SSSR count). The first-order valence-corrected chi connectivity index (χ1v) is 7.10. The maximum absolute atomic E-state index is 4.43. The van der Waals surface area contributed by atoms with Gasteiger partial charge < -0.3 is 5.32 Å². The summed E-state index contributed by atoms with van der Waals surface area (Å²) in [6.07, 6.45) is 6.55. The zero-order valence-corrected chi connectivity index (χ0v) is 11.8. The standard InChI is InChI=1S/C16H23N3/c1-3-7-14(17-2)10-11-16-12-13-18-19(16)15-8-5-4-6-9-15/h4-6,8-9,12-14,17H,3,7,10-11H2,1-2H3. The molecule has 0 bridgehead atoms. The van der Waals surface area contributed by atoms with Crippen LogP contribution in [-0.2, 0) is 6.42 Å². The Labute approximate surface area is 115 Å². The van der Waals surface area contributed by atoms with Crippen molar-refractivity contribution in [1.82, 2.24) is 15.1 Å². The molecule has 1 aromatic heterocycles. The van der Waals surface area contributed by atoms with E-state index in [1.54, 1.807) is 0 Å². The molecular weight excluding hydrogens is 234 g/mol. The predicted octanol–water partition coefficient (Wildman–Crippen LogP) is 3.19. The molecule has 1 aromatic carbocycles. The fraction of sp³-hybridized carbons (Fsp3) is 0.438. The number of rotatable bonds is 7. The molecule has 2 aromatic rings. The van der Waals surface area contributed by atoms with E-state index in [0.717, 1.165) is 18.5 Å². The minimum Gasteiger partial charge on any atom is -0.317 e. The fourth-order valence-corrected chi connectivity index (χ4v) is 2.43. The molecule has 3 nitrogen and oxygen atoms in total. The Morgan fingerprint density at radius 2 is 1.95 bits per heavy atom. The summed E-state index contributed by atoms with van der Waals surface area (Å²) < 4.78 is 2.04. The zero-order chi connectivity index (χ0) is 13.5. The SMILES string of the molecule is CCCC(CCc1ccnn1-c1ccccc1)NC. The molecule has 0 saturated heterocycles. The predicted molar refractivity (Wildman–Crippen MR) is 79.6 cm³/mol. The first-order valence-electron chi connectivity index (χ1n) is 7.10. The minimum atomic E-state index is 0.601. The molecular formula is C16H23N3. The number of benzene rings is 1. The summed E-state index contributed by atoms with van der Waals surface area (Å²) in [7, 11) is 2.05. The van der Waals surface area contributed by atoms with E-state index in [2.05, 4.69) is 42.6 Å². The van der Waals surface area contributed by atoms with Crippen LogP contribution in [-0.4, -0.2) is 22.9 Å². The highest BCUT2D eigenvalue weighted by Gasteiger charge is 2.09. The van der Waals surface area contributed by atoms with Crippen molar-refractivity contribution in [2.24, 2.45) is 0 Å². The van der Waals surface area contributed by atoms with E-state index in [0.29, 0.717) is 6.04 Å². The quantitative estimate of drug-likeness (QED) is 0.825. The van der Waals surface area contributed by atoms with E-state index < -0.39 is 0 Å². The molecule has 19 heavy (non-hydrogen) atoms. The van der Waals surface area contributed by atoms with Crippen molar-refractivity contribution in [2.75, 3.05) is 7.05 Å². The number of aromatic nitrogens is 2. The summed E-state index contributed by atoms with van der Waals surface area (Å²) in [5, 5.41) is 7.83. The average molecular weight is 257 g/mol. The molecule has 0 radical (unpaired) electrons. The highest BCUT2D eigenvalue weighted by Crippen LogP contribution is 2.13. The third kappa shape index (κ3) is 3.67. The average Bonchev–Trinajstić information content (AvgIpc) is 2.93. The lowest BCUT2D eigenvalue weighted by molar-refractivity contribution is 0.479. The highest BCUT2D eigenvalue weighted by atomic mass is 15.3. The van der Waals surface area contributed by atoms with Crippen molar-refractivity contribution < 1.29 is 0 Å². The Bertz CT molecular complexity index is 476. The molecule has 0 fully saturated rings. The normalized spacial score (nSPS) is 12.5. The van der Waals surface area contributed by atoms with Crippen LogP contribution in [0.2, 0.25) is 0 Å². The summed E-state index contributed by atoms with van der Waals surface area (Å²) in [5.41, 5.74) is 2.42. The molecule has 0 amide bonds. The Hall–Kier alpha value is -1.61. The number of nitrogens with one attached hydrogen (secondary N) is 1. The molecule has 102 valence electrons. The highest BCUT2D eigenvalue weighted by molar-refractivity contribution is 5.32. The van der Waals surface area contributed by atoms with E-state index in [9.17, 15) is 0 Å². The third-order valence-corrected chi connectivity index (χ3v) is 3.52. The van der Waals surface area contributed by atoms with E-state index >= 15 is 0 Å². The second kappa shape index (κ2) is 7.10. The summed E-state index contributed by atoms with van der Waals surface area (Å²) in [6, 6.07) is 13.0. The Morgan fingerprint density at radius 1 is 1.16 bits per heavy atom. The topological polar surface area (TPSA) is 29.9 Å². The van der Waals surface area contributed by atoms with Gasteiger partial charge in [-0.3, -0.25) is 0 Å². The van der Waals surface area contributed by atoms with Crippen molar-refractivity contribution in [3.63, 3.8) is 0 Å². The van der Waals surface area contributed by atoms with Gasteiger partial charge in [0.15, 0.2) is 0 Å². The second-order valence-corrected chi connectivity index (χ2v) is 4.88. The molecule has 1 unspecified atom stereocenters. The maximum Gasteiger partial charge on any atom is 0.0648 e. The molecule has 0 aliphatic heterocycles. The molecule has 0 aliphatic carbocycles. The molecule has 1 atom stereocenters. The van der Waals surface area contributed by atoms with Gasteiger partial charge in [-0.05, 0) is 44.5 Å². The van der Waals surface area contributed by atoms with Crippen LogP contribution in [0.25, 0.3) is 5.69 Å². The smallest absolute Gasteiger partial charge is 0.0648 e. The summed E-state index contributed by atoms with van der Waals surface area (Å²) in [5.74, 6) is 0. The van der Waals surface area contributed by atoms with Crippen molar-refractivity contribution in [3.05, 3.63) is 48.3 Å². The number of nitrogens with zero attached hydrogens (tertiary/aromatic N) is 2. The Balaban J connectivity index is 2.04. The van der Waals surface area contributed by atoms with Gasteiger partial charge in [-0.2, -0.15) is 5.10 Å². The molecule has 0 aliphatic rings. The van der Waals surface area contributed by atoms with Gasteiger partial charge in [0.2, 0.25) is 0 Å². The van der Waals surface area contributed by atoms with Gasteiger partial charge in [0, 0.05) is 17.9 Å². The van der Waals surface area contributed by atoms with Gasteiger partial charge >= 0.3 is 0 Å². The van der Waals surface area contributed by atoms with Gasteiger partial charge in [-0.25, -0.2) is 4.68 Å². The summed E-state index contributed by atoms with van der Waals surface area (Å²) in [6.45, 7) is 2.23. The minimum absolute atomic E-state index is 0.601. The van der Waals surface area contributed by atoms with Crippen LogP contribution < -0.4 is 5.32 Å². The van der Waals surface area contributed by atoms with E-state index in [4.69, 9.17) is 0 Å². The number of aryl methyl sites for hydroxylation is 1.